The van der Waals surface area contributed by atoms with E-state index in [0.717, 1.165) is 40.5 Å². The molecule has 2 aromatic heterocycles. The monoisotopic (exact) mass is 364 g/mol. The van der Waals surface area contributed by atoms with Crippen LogP contribution < -0.4 is 0 Å². The molecule has 26 heavy (non-hydrogen) atoms. The van der Waals surface area contributed by atoms with Gasteiger partial charge in [0.2, 0.25) is 0 Å². The molecule has 5 nitrogen and oxygen atoms in total. The zero-order chi connectivity index (χ0) is 18.1. The molecule has 2 heterocycles. The Morgan fingerprint density at radius 1 is 1.12 bits per heavy atom. The van der Waals surface area contributed by atoms with Crippen molar-refractivity contribution in [2.45, 2.75) is 43.1 Å². The van der Waals surface area contributed by atoms with E-state index in [2.05, 4.69) is 19.7 Å². The zero-order valence-electron chi connectivity index (χ0n) is 14.8. The molecule has 3 aromatic rings. The van der Waals surface area contributed by atoms with Gasteiger partial charge < -0.3 is 0 Å². The second-order valence-electron chi connectivity index (χ2n) is 6.63. The minimum absolute atomic E-state index is 0.116. The summed E-state index contributed by atoms with van der Waals surface area (Å²) in [4.78, 5) is 16.8. The van der Waals surface area contributed by atoms with Gasteiger partial charge in [-0.15, -0.1) is 10.2 Å². The Balaban J connectivity index is 1.59. The normalized spacial score (nSPS) is 15.0. The number of rotatable bonds is 6. The second-order valence-corrected chi connectivity index (χ2v) is 7.94. The number of thioether (sulfide) groups is 1. The van der Waals surface area contributed by atoms with Crippen LogP contribution in [0, 0.1) is 6.92 Å². The molecule has 1 aliphatic rings. The van der Waals surface area contributed by atoms with Crippen molar-refractivity contribution in [3.8, 4) is 11.4 Å². The Hall–Kier alpha value is -2.47. The number of ketones is 1. The van der Waals surface area contributed by atoms with E-state index in [-0.39, 0.29) is 11.0 Å². The molecule has 0 aliphatic heterocycles. The van der Waals surface area contributed by atoms with Crippen molar-refractivity contribution in [1.82, 2.24) is 19.7 Å². The molecule has 6 heteroatoms. The van der Waals surface area contributed by atoms with Gasteiger partial charge in [0.1, 0.15) is 0 Å². The number of carbonyl (C=O) groups is 1. The van der Waals surface area contributed by atoms with Crippen molar-refractivity contribution in [3.05, 3.63) is 59.9 Å². The second kappa shape index (κ2) is 7.03. The molecule has 132 valence electrons. The average Bonchev–Trinajstić information content (AvgIpc) is 3.42. The van der Waals surface area contributed by atoms with Crippen molar-refractivity contribution in [2.24, 2.45) is 0 Å². The molecule has 4 rings (SSSR count). The Kier molecular flexibility index (Phi) is 4.59. The van der Waals surface area contributed by atoms with Crippen LogP contribution in [0.3, 0.4) is 0 Å². The molecule has 0 spiro atoms. The summed E-state index contributed by atoms with van der Waals surface area (Å²) in [7, 11) is 0. The predicted molar refractivity (Wildman–Crippen MR) is 102 cm³/mol. The van der Waals surface area contributed by atoms with Gasteiger partial charge in [0.25, 0.3) is 0 Å². The quantitative estimate of drug-likeness (QED) is 0.481. The van der Waals surface area contributed by atoms with Crippen molar-refractivity contribution in [1.29, 1.82) is 0 Å². The van der Waals surface area contributed by atoms with Crippen LogP contribution in [0.2, 0.25) is 0 Å². The van der Waals surface area contributed by atoms with Gasteiger partial charge in [0.15, 0.2) is 16.8 Å². The summed E-state index contributed by atoms with van der Waals surface area (Å²) >= 11 is 1.49. The highest BCUT2D eigenvalue weighted by atomic mass is 32.2. The van der Waals surface area contributed by atoms with E-state index in [9.17, 15) is 4.79 Å². The summed E-state index contributed by atoms with van der Waals surface area (Å²) in [5.74, 6) is 0.971. The van der Waals surface area contributed by atoms with Gasteiger partial charge in [-0.05, 0) is 38.8 Å². The maximum atomic E-state index is 12.7. The van der Waals surface area contributed by atoms with Gasteiger partial charge in [-0.1, -0.05) is 41.6 Å². The summed E-state index contributed by atoms with van der Waals surface area (Å²) in [5, 5.41) is 9.38. The Morgan fingerprint density at radius 3 is 2.46 bits per heavy atom. The van der Waals surface area contributed by atoms with E-state index in [1.54, 1.807) is 12.4 Å². The molecule has 1 aliphatic carbocycles. The fourth-order valence-corrected chi connectivity index (χ4v) is 3.88. The highest BCUT2D eigenvalue weighted by molar-refractivity contribution is 8.00. The Morgan fingerprint density at radius 2 is 1.81 bits per heavy atom. The third-order valence-corrected chi connectivity index (χ3v) is 5.56. The number of hydrogen-bond donors (Lipinski definition) is 0. The van der Waals surface area contributed by atoms with E-state index < -0.39 is 0 Å². The molecule has 0 saturated heterocycles. The molecule has 0 radical (unpaired) electrons. The third kappa shape index (κ3) is 3.42. The van der Waals surface area contributed by atoms with E-state index >= 15 is 0 Å². The lowest BCUT2D eigenvalue weighted by Gasteiger charge is -2.12. The van der Waals surface area contributed by atoms with Gasteiger partial charge in [-0.2, -0.15) is 0 Å². The first-order valence-corrected chi connectivity index (χ1v) is 9.64. The number of hydrogen-bond acceptors (Lipinski definition) is 5. The highest BCUT2D eigenvalue weighted by Crippen LogP contribution is 2.41. The highest BCUT2D eigenvalue weighted by Gasteiger charge is 2.31. The molecular formula is C20H20N4OS. The number of pyridine rings is 1. The van der Waals surface area contributed by atoms with Gasteiger partial charge in [-0.3, -0.25) is 14.3 Å². The summed E-state index contributed by atoms with van der Waals surface area (Å²) in [6.45, 7) is 3.95. The predicted octanol–water partition coefficient (Wildman–Crippen LogP) is 4.35. The van der Waals surface area contributed by atoms with Crippen molar-refractivity contribution in [2.75, 3.05) is 0 Å². The third-order valence-electron chi connectivity index (χ3n) is 4.50. The number of nitrogens with zero attached hydrogens (tertiary/aromatic N) is 4. The van der Waals surface area contributed by atoms with Crippen LogP contribution in [-0.2, 0) is 0 Å². The largest absolute Gasteiger partial charge is 0.299 e. The van der Waals surface area contributed by atoms with Crippen LogP contribution in [0.25, 0.3) is 11.4 Å². The van der Waals surface area contributed by atoms with Gasteiger partial charge in [0.05, 0.1) is 5.25 Å². The van der Waals surface area contributed by atoms with Crippen LogP contribution in [-0.4, -0.2) is 30.8 Å². The molecule has 0 unspecified atom stereocenters. The number of carbonyl (C=O) groups excluding carboxylic acids is 1. The first kappa shape index (κ1) is 17.0. The molecule has 1 atom stereocenters. The topological polar surface area (TPSA) is 60.7 Å². The van der Waals surface area contributed by atoms with Crippen LogP contribution in [0.4, 0.5) is 0 Å². The van der Waals surface area contributed by atoms with Crippen molar-refractivity contribution >= 4 is 17.5 Å². The van der Waals surface area contributed by atoms with Gasteiger partial charge >= 0.3 is 0 Å². The molecule has 1 aromatic carbocycles. The maximum absolute atomic E-state index is 12.7. The lowest BCUT2D eigenvalue weighted by molar-refractivity contribution is 0.0994. The Bertz CT molecular complexity index is 917. The van der Waals surface area contributed by atoms with E-state index in [1.807, 2.05) is 50.2 Å². The average molecular weight is 364 g/mol. The van der Waals surface area contributed by atoms with Crippen molar-refractivity contribution in [3.63, 3.8) is 0 Å². The first-order chi connectivity index (χ1) is 12.6. The lowest BCUT2D eigenvalue weighted by Crippen LogP contribution is -2.14. The zero-order valence-corrected chi connectivity index (χ0v) is 15.6. The number of Topliss-reactive ketones (excluding diaryl/α,β-unsaturated/α-hetero) is 1. The molecule has 0 amide bonds. The molecule has 0 bridgehead atoms. The fraction of sp³-hybridized carbons (Fsp3) is 0.300. The van der Waals surface area contributed by atoms with Crippen molar-refractivity contribution < 1.29 is 4.79 Å². The van der Waals surface area contributed by atoms with E-state index in [4.69, 9.17) is 0 Å². The summed E-state index contributed by atoms with van der Waals surface area (Å²) < 4.78 is 2.18. The summed E-state index contributed by atoms with van der Waals surface area (Å²) in [6, 6.07) is 12.0. The van der Waals surface area contributed by atoms with Crippen LogP contribution in [0.15, 0.2) is 53.9 Å². The minimum Gasteiger partial charge on any atom is -0.299 e. The Labute approximate surface area is 156 Å². The SMILES string of the molecule is Cc1ccc(C(=O)[C@@H](C)Sc2nnc(-c3ccncc3)n2C2CC2)cc1. The number of aryl methyl sites for hydroxylation is 1. The number of aromatic nitrogens is 4. The molecular weight excluding hydrogens is 344 g/mol. The fourth-order valence-electron chi connectivity index (χ4n) is 2.88. The van der Waals surface area contributed by atoms with Crippen LogP contribution in [0.5, 0.6) is 0 Å². The van der Waals surface area contributed by atoms with Gasteiger partial charge in [-0.25, -0.2) is 0 Å². The molecule has 1 saturated carbocycles. The lowest BCUT2D eigenvalue weighted by atomic mass is 10.1. The summed E-state index contributed by atoms with van der Waals surface area (Å²) in [5.41, 5.74) is 2.89. The summed E-state index contributed by atoms with van der Waals surface area (Å²) in [6.07, 6.45) is 5.78. The molecule has 1 fully saturated rings. The van der Waals surface area contributed by atoms with Crippen LogP contribution in [0.1, 0.15) is 41.7 Å². The van der Waals surface area contributed by atoms with Crippen LogP contribution >= 0.6 is 11.8 Å². The van der Waals surface area contributed by atoms with E-state index in [1.165, 1.54) is 11.8 Å². The van der Waals surface area contributed by atoms with Gasteiger partial charge in [0, 0.05) is 29.6 Å². The smallest absolute Gasteiger partial charge is 0.192 e. The maximum Gasteiger partial charge on any atom is 0.192 e. The van der Waals surface area contributed by atoms with E-state index in [0.29, 0.717) is 6.04 Å². The standard InChI is InChI=1S/C20H20N4OS/c1-13-3-5-15(6-4-13)18(25)14(2)26-20-23-22-19(24(20)17-7-8-17)16-9-11-21-12-10-16/h3-6,9-12,14,17H,7-8H2,1-2H3/t14-/m1/s1. The minimum atomic E-state index is -0.218. The molecule has 0 N–H and O–H groups in total. The first-order valence-electron chi connectivity index (χ1n) is 8.76. The number of benzene rings is 1.